The second-order valence-corrected chi connectivity index (χ2v) is 6.27. The van der Waals surface area contributed by atoms with E-state index in [1.165, 1.54) is 24.8 Å². The number of carbonyl (C=O) groups excluding carboxylic acids is 1. The van der Waals surface area contributed by atoms with Crippen LogP contribution in [0.15, 0.2) is 11.1 Å². The molecule has 0 spiro atoms. The summed E-state index contributed by atoms with van der Waals surface area (Å²) in [5, 5.41) is 0. The van der Waals surface area contributed by atoms with Crippen LogP contribution in [-0.2, 0) is 4.79 Å². The minimum Gasteiger partial charge on any atom is -0.300 e. The number of Topliss-reactive ketones (excluding diaryl/α,β-unsaturated/α-hetero) is 1. The summed E-state index contributed by atoms with van der Waals surface area (Å²) in [4.78, 5) is 11.0. The first-order valence-electron chi connectivity index (χ1n) is 6.60. The van der Waals surface area contributed by atoms with Gasteiger partial charge >= 0.3 is 0 Å². The van der Waals surface area contributed by atoms with Crippen LogP contribution in [0, 0.1) is 17.3 Å². The molecule has 2 saturated carbocycles. The molecule has 0 radical (unpaired) electrons. The molecule has 0 aromatic heterocycles. The molecule has 0 bridgehead atoms. The van der Waals surface area contributed by atoms with Crippen molar-refractivity contribution in [3.63, 3.8) is 0 Å². The Labute approximate surface area is 99.3 Å². The summed E-state index contributed by atoms with van der Waals surface area (Å²) >= 11 is 0. The maximum absolute atomic E-state index is 11.0. The van der Waals surface area contributed by atoms with E-state index in [4.69, 9.17) is 0 Å². The number of hydrogen-bond donors (Lipinski definition) is 0. The summed E-state index contributed by atoms with van der Waals surface area (Å²) < 4.78 is 0. The topological polar surface area (TPSA) is 17.1 Å². The predicted octanol–water partition coefficient (Wildman–Crippen LogP) is 4.13. The summed E-state index contributed by atoms with van der Waals surface area (Å²) in [6.45, 7) is 8.63. The van der Waals surface area contributed by atoms with Crippen molar-refractivity contribution in [2.45, 2.75) is 59.8 Å². The number of ketones is 1. The molecule has 3 atom stereocenters. The van der Waals surface area contributed by atoms with Gasteiger partial charge in [-0.3, -0.25) is 0 Å². The van der Waals surface area contributed by atoms with Gasteiger partial charge in [-0.1, -0.05) is 18.1 Å². The van der Waals surface area contributed by atoms with Crippen LogP contribution in [-0.4, -0.2) is 5.78 Å². The largest absolute Gasteiger partial charge is 0.300 e. The average molecular weight is 220 g/mol. The summed E-state index contributed by atoms with van der Waals surface area (Å²) in [5.41, 5.74) is 3.79. The quantitative estimate of drug-likeness (QED) is 0.654. The van der Waals surface area contributed by atoms with E-state index in [1.54, 1.807) is 12.5 Å². The Bertz CT molecular complexity index is 335. The molecule has 90 valence electrons. The summed E-state index contributed by atoms with van der Waals surface area (Å²) in [6, 6.07) is 0. The second kappa shape index (κ2) is 4.01. The molecule has 2 aliphatic rings. The smallest absolute Gasteiger partial charge is 0.129 e. The summed E-state index contributed by atoms with van der Waals surface area (Å²) in [5.74, 6) is 2.06. The van der Waals surface area contributed by atoms with Crippen LogP contribution in [0.3, 0.4) is 0 Å². The lowest BCUT2D eigenvalue weighted by molar-refractivity contribution is -0.117. The van der Waals surface area contributed by atoms with Gasteiger partial charge in [-0.2, -0.15) is 0 Å². The Hall–Kier alpha value is -0.590. The first-order chi connectivity index (χ1) is 7.45. The van der Waals surface area contributed by atoms with E-state index in [0.717, 1.165) is 24.7 Å². The maximum Gasteiger partial charge on any atom is 0.129 e. The van der Waals surface area contributed by atoms with Crippen LogP contribution in [0.4, 0.5) is 0 Å². The molecule has 2 aliphatic carbocycles. The number of carbonyl (C=O) groups is 1. The van der Waals surface area contributed by atoms with Crippen molar-refractivity contribution in [3.05, 3.63) is 11.1 Å². The molecule has 2 fully saturated rings. The van der Waals surface area contributed by atoms with Gasteiger partial charge in [0.1, 0.15) is 5.78 Å². The fourth-order valence-electron chi connectivity index (χ4n) is 3.64. The van der Waals surface area contributed by atoms with Gasteiger partial charge in [-0.05, 0) is 63.7 Å². The molecule has 2 rings (SSSR count). The highest BCUT2D eigenvalue weighted by molar-refractivity contribution is 5.75. The fourth-order valence-corrected chi connectivity index (χ4v) is 3.64. The third-order valence-corrected chi connectivity index (χ3v) is 5.02. The van der Waals surface area contributed by atoms with Crippen LogP contribution in [0.25, 0.3) is 0 Å². The van der Waals surface area contributed by atoms with Gasteiger partial charge < -0.3 is 4.79 Å². The van der Waals surface area contributed by atoms with E-state index in [2.05, 4.69) is 20.8 Å². The molecule has 1 nitrogen and oxygen atoms in total. The van der Waals surface area contributed by atoms with Crippen LogP contribution in [0.1, 0.15) is 59.8 Å². The zero-order valence-electron chi connectivity index (χ0n) is 11.1. The Morgan fingerprint density at radius 3 is 2.62 bits per heavy atom. The lowest BCUT2D eigenvalue weighted by Crippen LogP contribution is -2.07. The van der Waals surface area contributed by atoms with E-state index in [-0.39, 0.29) is 0 Å². The van der Waals surface area contributed by atoms with E-state index < -0.39 is 0 Å². The minimum atomic E-state index is 0.356. The van der Waals surface area contributed by atoms with E-state index in [9.17, 15) is 4.79 Å². The number of fused-ring (bicyclic) bond motifs is 1. The highest BCUT2D eigenvalue weighted by Crippen LogP contribution is 2.68. The molecule has 0 aromatic carbocycles. The van der Waals surface area contributed by atoms with Crippen LogP contribution in [0.5, 0.6) is 0 Å². The normalized spacial score (nSPS) is 36.9. The van der Waals surface area contributed by atoms with Crippen LogP contribution in [0.2, 0.25) is 0 Å². The van der Waals surface area contributed by atoms with Gasteiger partial charge in [-0.25, -0.2) is 0 Å². The summed E-state index contributed by atoms with van der Waals surface area (Å²) in [6.07, 6.45) is 5.88. The number of hydrogen-bond acceptors (Lipinski definition) is 1. The van der Waals surface area contributed by atoms with Crippen molar-refractivity contribution in [1.82, 2.24) is 0 Å². The molecule has 0 amide bonds. The van der Waals surface area contributed by atoms with E-state index >= 15 is 0 Å². The molecular formula is C15H24O. The minimum absolute atomic E-state index is 0.356. The van der Waals surface area contributed by atoms with Gasteiger partial charge in [-0.15, -0.1) is 0 Å². The zero-order valence-corrected chi connectivity index (χ0v) is 11.1. The molecule has 0 saturated heterocycles. The summed E-state index contributed by atoms with van der Waals surface area (Å²) in [7, 11) is 0. The van der Waals surface area contributed by atoms with Gasteiger partial charge in [0.15, 0.2) is 0 Å². The lowest BCUT2D eigenvalue weighted by atomic mass is 9.85. The molecule has 0 heterocycles. The van der Waals surface area contributed by atoms with Gasteiger partial charge in [0.2, 0.25) is 0 Å². The van der Waals surface area contributed by atoms with Crippen molar-refractivity contribution in [2.24, 2.45) is 17.3 Å². The Balaban J connectivity index is 1.97. The molecule has 3 unspecified atom stereocenters. The third kappa shape index (κ3) is 1.97. The molecule has 16 heavy (non-hydrogen) atoms. The molecule has 1 heteroatoms. The Morgan fingerprint density at radius 1 is 1.38 bits per heavy atom. The molecule has 0 aliphatic heterocycles. The monoisotopic (exact) mass is 220 g/mol. The third-order valence-electron chi connectivity index (χ3n) is 5.02. The van der Waals surface area contributed by atoms with Crippen molar-refractivity contribution >= 4 is 5.78 Å². The maximum atomic E-state index is 11.0. The number of rotatable bonds is 3. The SMILES string of the molecule is CC(=O)CCC1C2CC(=C(C)C)CCC12C. The van der Waals surface area contributed by atoms with Crippen LogP contribution >= 0.6 is 0 Å². The Morgan fingerprint density at radius 2 is 2.06 bits per heavy atom. The lowest BCUT2D eigenvalue weighted by Gasteiger charge is -2.21. The van der Waals surface area contributed by atoms with Gasteiger partial charge in [0.25, 0.3) is 0 Å². The van der Waals surface area contributed by atoms with E-state index in [1.807, 2.05) is 0 Å². The highest BCUT2D eigenvalue weighted by atomic mass is 16.1. The molecule has 0 aromatic rings. The highest BCUT2D eigenvalue weighted by Gasteiger charge is 2.61. The fraction of sp³-hybridized carbons (Fsp3) is 0.800. The predicted molar refractivity (Wildman–Crippen MR) is 67.2 cm³/mol. The molecular weight excluding hydrogens is 196 g/mol. The zero-order chi connectivity index (χ0) is 11.9. The van der Waals surface area contributed by atoms with E-state index in [0.29, 0.717) is 11.2 Å². The van der Waals surface area contributed by atoms with Crippen molar-refractivity contribution < 1.29 is 4.79 Å². The second-order valence-electron chi connectivity index (χ2n) is 6.27. The molecule has 0 N–H and O–H groups in total. The Kier molecular flexibility index (Phi) is 2.98. The average Bonchev–Trinajstić information content (AvgIpc) is 2.78. The van der Waals surface area contributed by atoms with Gasteiger partial charge in [0.05, 0.1) is 0 Å². The van der Waals surface area contributed by atoms with Crippen molar-refractivity contribution in [1.29, 1.82) is 0 Å². The standard InChI is InChI=1S/C15H24O/c1-10(2)12-7-8-15(4)13(14(15)9-12)6-5-11(3)16/h13-14H,5-9H2,1-4H3. The number of allylic oxidation sites excluding steroid dienone is 2. The first-order valence-corrected chi connectivity index (χ1v) is 6.60. The first kappa shape index (κ1) is 11.9. The van der Waals surface area contributed by atoms with Crippen molar-refractivity contribution in [3.8, 4) is 0 Å². The van der Waals surface area contributed by atoms with Crippen molar-refractivity contribution in [2.75, 3.05) is 0 Å². The van der Waals surface area contributed by atoms with Gasteiger partial charge in [0, 0.05) is 6.42 Å². The van der Waals surface area contributed by atoms with Crippen LogP contribution < -0.4 is 0 Å².